The van der Waals surface area contributed by atoms with E-state index in [0.29, 0.717) is 0 Å². The predicted octanol–water partition coefficient (Wildman–Crippen LogP) is -1.94. The molecule has 2 fully saturated rings. The van der Waals surface area contributed by atoms with Crippen LogP contribution in [0, 0.1) is 0 Å². The standard InChI is InChI=1S/C8H15NO5S/c1-15-8-5(12)4(11)7-6(13-8)3(2-10)9-14-7/h3-12H,2H2,1H3/t3-,4?,5-,6-,7?,8?/m1/s1. The molecule has 88 valence electrons. The van der Waals surface area contributed by atoms with Crippen molar-refractivity contribution in [1.29, 1.82) is 0 Å². The van der Waals surface area contributed by atoms with Gasteiger partial charge in [0.2, 0.25) is 0 Å². The molecule has 2 saturated heterocycles. The number of fused-ring (bicyclic) bond motifs is 1. The molecule has 0 aromatic heterocycles. The minimum atomic E-state index is -0.995. The number of aliphatic hydroxyl groups excluding tert-OH is 3. The van der Waals surface area contributed by atoms with Crippen molar-refractivity contribution in [3.8, 4) is 0 Å². The fourth-order valence-corrected chi connectivity index (χ4v) is 2.57. The second-order valence-corrected chi connectivity index (χ2v) is 4.61. The van der Waals surface area contributed by atoms with E-state index in [1.165, 1.54) is 11.8 Å². The van der Waals surface area contributed by atoms with E-state index in [9.17, 15) is 10.2 Å². The van der Waals surface area contributed by atoms with Crippen molar-refractivity contribution in [3.05, 3.63) is 0 Å². The third kappa shape index (κ3) is 1.89. The van der Waals surface area contributed by atoms with Gasteiger partial charge in [0.05, 0.1) is 12.6 Å². The molecule has 15 heavy (non-hydrogen) atoms. The van der Waals surface area contributed by atoms with Gasteiger partial charge in [0, 0.05) is 0 Å². The highest BCUT2D eigenvalue weighted by Crippen LogP contribution is 2.32. The van der Waals surface area contributed by atoms with Crippen LogP contribution in [0.3, 0.4) is 0 Å². The zero-order valence-electron chi connectivity index (χ0n) is 8.24. The first-order chi connectivity index (χ1) is 7.19. The molecular weight excluding hydrogens is 222 g/mol. The zero-order valence-corrected chi connectivity index (χ0v) is 9.05. The van der Waals surface area contributed by atoms with Gasteiger partial charge in [-0.15, -0.1) is 11.8 Å². The topological polar surface area (TPSA) is 91.2 Å². The van der Waals surface area contributed by atoms with Crippen LogP contribution >= 0.6 is 11.8 Å². The molecule has 6 atom stereocenters. The molecule has 0 aromatic carbocycles. The summed E-state index contributed by atoms with van der Waals surface area (Å²) < 4.78 is 5.55. The predicted molar refractivity (Wildman–Crippen MR) is 53.1 cm³/mol. The zero-order chi connectivity index (χ0) is 11.0. The van der Waals surface area contributed by atoms with Gasteiger partial charge in [-0.3, -0.25) is 4.84 Å². The van der Waals surface area contributed by atoms with Gasteiger partial charge in [-0.1, -0.05) is 0 Å². The number of ether oxygens (including phenoxy) is 1. The Balaban J connectivity index is 2.11. The average Bonchev–Trinajstić information content (AvgIpc) is 2.66. The normalized spacial score (nSPS) is 50.4. The number of aliphatic hydroxyl groups is 3. The van der Waals surface area contributed by atoms with Crippen molar-refractivity contribution in [2.75, 3.05) is 12.9 Å². The summed E-state index contributed by atoms with van der Waals surface area (Å²) in [5.41, 5.74) is 2.10. The fourth-order valence-electron chi connectivity index (χ4n) is 1.89. The van der Waals surface area contributed by atoms with Crippen molar-refractivity contribution in [1.82, 2.24) is 5.48 Å². The van der Waals surface area contributed by atoms with E-state index in [4.69, 9.17) is 14.7 Å². The molecule has 0 spiro atoms. The Morgan fingerprint density at radius 1 is 1.27 bits per heavy atom. The Labute approximate surface area is 91.5 Å². The molecule has 7 heteroatoms. The van der Waals surface area contributed by atoms with Crippen LogP contribution in [-0.4, -0.2) is 64.1 Å². The highest BCUT2D eigenvalue weighted by Gasteiger charge is 2.51. The summed E-state index contributed by atoms with van der Waals surface area (Å²) in [5, 5.41) is 28.5. The molecule has 0 amide bonds. The van der Waals surface area contributed by atoms with Gasteiger partial charge in [-0.2, -0.15) is 5.48 Å². The maximum Gasteiger partial charge on any atom is 0.135 e. The van der Waals surface area contributed by atoms with E-state index in [1.807, 2.05) is 0 Å². The van der Waals surface area contributed by atoms with Crippen LogP contribution in [0.1, 0.15) is 0 Å². The minimum absolute atomic E-state index is 0.134. The molecule has 0 aliphatic carbocycles. The summed E-state index contributed by atoms with van der Waals surface area (Å²) in [7, 11) is 0. The summed E-state index contributed by atoms with van der Waals surface area (Å²) in [6.07, 6.45) is -1.23. The third-order valence-electron chi connectivity index (χ3n) is 2.76. The molecule has 2 aliphatic rings. The molecule has 2 heterocycles. The number of hydroxylamine groups is 1. The van der Waals surface area contributed by atoms with Crippen LogP contribution in [0.25, 0.3) is 0 Å². The Hall–Kier alpha value is 0.110. The molecule has 6 nitrogen and oxygen atoms in total. The van der Waals surface area contributed by atoms with Crippen LogP contribution in [0.2, 0.25) is 0 Å². The van der Waals surface area contributed by atoms with Crippen molar-refractivity contribution >= 4 is 11.8 Å². The molecule has 0 aromatic rings. The summed E-state index contributed by atoms with van der Waals surface area (Å²) in [5.74, 6) is 0. The maximum absolute atomic E-state index is 9.77. The van der Waals surface area contributed by atoms with E-state index in [-0.39, 0.29) is 12.6 Å². The molecule has 2 aliphatic heterocycles. The lowest BCUT2D eigenvalue weighted by Gasteiger charge is -2.38. The molecule has 0 saturated carbocycles. The van der Waals surface area contributed by atoms with Crippen LogP contribution < -0.4 is 5.48 Å². The van der Waals surface area contributed by atoms with E-state index in [0.717, 1.165) is 0 Å². The third-order valence-corrected chi connectivity index (χ3v) is 3.62. The smallest absolute Gasteiger partial charge is 0.135 e. The first-order valence-corrected chi connectivity index (χ1v) is 6.04. The Bertz CT molecular complexity index is 231. The molecule has 0 radical (unpaired) electrons. The van der Waals surface area contributed by atoms with Crippen molar-refractivity contribution in [2.45, 2.75) is 35.9 Å². The monoisotopic (exact) mass is 237 g/mol. The van der Waals surface area contributed by atoms with Gasteiger partial charge in [0.25, 0.3) is 0 Å². The van der Waals surface area contributed by atoms with Gasteiger partial charge in [0.1, 0.15) is 29.9 Å². The molecule has 4 N–H and O–H groups in total. The summed E-state index contributed by atoms with van der Waals surface area (Å²) in [4.78, 5) is 5.08. The molecular formula is C8H15NO5S. The van der Waals surface area contributed by atoms with Crippen LogP contribution in [-0.2, 0) is 9.57 Å². The van der Waals surface area contributed by atoms with Gasteiger partial charge in [-0.25, -0.2) is 0 Å². The largest absolute Gasteiger partial charge is 0.395 e. The maximum atomic E-state index is 9.77. The molecule has 0 bridgehead atoms. The van der Waals surface area contributed by atoms with Gasteiger partial charge >= 0.3 is 0 Å². The van der Waals surface area contributed by atoms with Crippen molar-refractivity contribution < 1.29 is 24.9 Å². The lowest BCUT2D eigenvalue weighted by Crippen LogP contribution is -2.57. The van der Waals surface area contributed by atoms with Gasteiger partial charge < -0.3 is 20.1 Å². The lowest BCUT2D eigenvalue weighted by molar-refractivity contribution is -0.190. The number of thioether (sulfide) groups is 1. The van der Waals surface area contributed by atoms with Crippen molar-refractivity contribution in [2.24, 2.45) is 0 Å². The first-order valence-electron chi connectivity index (χ1n) is 4.75. The van der Waals surface area contributed by atoms with E-state index in [1.54, 1.807) is 6.26 Å². The summed E-state index contributed by atoms with van der Waals surface area (Å²) in [6.45, 7) is -0.134. The SMILES string of the molecule is CSC1O[C@H]2C(ON[C@@H]2CO)C(O)[C@H]1O. The number of hydrogen-bond donors (Lipinski definition) is 4. The highest BCUT2D eigenvalue weighted by atomic mass is 32.2. The van der Waals surface area contributed by atoms with Crippen LogP contribution in [0.4, 0.5) is 0 Å². The van der Waals surface area contributed by atoms with E-state index in [2.05, 4.69) is 5.48 Å². The minimum Gasteiger partial charge on any atom is -0.395 e. The van der Waals surface area contributed by atoms with Crippen LogP contribution in [0.5, 0.6) is 0 Å². The number of rotatable bonds is 2. The van der Waals surface area contributed by atoms with Crippen molar-refractivity contribution in [3.63, 3.8) is 0 Å². The second kappa shape index (κ2) is 4.54. The highest BCUT2D eigenvalue weighted by molar-refractivity contribution is 7.99. The fraction of sp³-hybridized carbons (Fsp3) is 1.00. The summed E-state index contributed by atoms with van der Waals surface area (Å²) >= 11 is 1.32. The Kier molecular flexibility index (Phi) is 3.51. The number of nitrogens with one attached hydrogen (secondary N) is 1. The Morgan fingerprint density at radius 2 is 2.00 bits per heavy atom. The van der Waals surface area contributed by atoms with Crippen LogP contribution in [0.15, 0.2) is 0 Å². The first kappa shape index (κ1) is 11.6. The van der Waals surface area contributed by atoms with E-state index < -0.39 is 29.9 Å². The second-order valence-electron chi connectivity index (χ2n) is 3.68. The Morgan fingerprint density at radius 3 is 2.60 bits per heavy atom. The average molecular weight is 237 g/mol. The molecule has 3 unspecified atom stereocenters. The number of hydrogen-bond acceptors (Lipinski definition) is 7. The van der Waals surface area contributed by atoms with E-state index >= 15 is 0 Å². The lowest BCUT2D eigenvalue weighted by atomic mass is 9.96. The van der Waals surface area contributed by atoms with Gasteiger partial charge in [-0.05, 0) is 6.26 Å². The molecule has 2 rings (SSSR count). The van der Waals surface area contributed by atoms with Gasteiger partial charge in [0.15, 0.2) is 0 Å². The quantitative estimate of drug-likeness (QED) is 0.444. The summed E-state index contributed by atoms with van der Waals surface area (Å²) in [6, 6.07) is -0.355.